The number of aliphatic carboxylic acids is 1. The van der Waals surface area contributed by atoms with Crippen molar-refractivity contribution in [1.82, 2.24) is 4.90 Å². The SMILES string of the molecule is CCCCN(CC(C)C(=O)O)C(C)C. The summed E-state index contributed by atoms with van der Waals surface area (Å²) >= 11 is 0. The summed E-state index contributed by atoms with van der Waals surface area (Å²) in [6.07, 6.45) is 2.30. The zero-order valence-electron chi connectivity index (χ0n) is 9.79. The lowest BCUT2D eigenvalue weighted by Crippen LogP contribution is -2.37. The van der Waals surface area contributed by atoms with Crippen LogP contribution in [0.1, 0.15) is 40.5 Å². The van der Waals surface area contributed by atoms with Gasteiger partial charge in [-0.15, -0.1) is 0 Å². The second kappa shape index (κ2) is 6.82. The Morgan fingerprint density at radius 2 is 1.93 bits per heavy atom. The van der Waals surface area contributed by atoms with Crippen LogP contribution in [-0.2, 0) is 4.79 Å². The molecule has 14 heavy (non-hydrogen) atoms. The summed E-state index contributed by atoms with van der Waals surface area (Å²) in [6.45, 7) is 9.82. The van der Waals surface area contributed by atoms with Gasteiger partial charge in [0.1, 0.15) is 0 Å². The summed E-state index contributed by atoms with van der Waals surface area (Å²) in [6, 6.07) is 0.434. The van der Waals surface area contributed by atoms with Crippen molar-refractivity contribution in [2.75, 3.05) is 13.1 Å². The fourth-order valence-corrected chi connectivity index (χ4v) is 1.35. The van der Waals surface area contributed by atoms with Crippen LogP contribution >= 0.6 is 0 Å². The van der Waals surface area contributed by atoms with Crippen LogP contribution in [0.3, 0.4) is 0 Å². The van der Waals surface area contributed by atoms with Gasteiger partial charge in [0.2, 0.25) is 0 Å². The minimum atomic E-state index is -0.702. The number of unbranched alkanes of at least 4 members (excludes halogenated alkanes) is 1. The number of carboxylic acids is 1. The second-order valence-electron chi connectivity index (χ2n) is 4.18. The molecule has 0 spiro atoms. The van der Waals surface area contributed by atoms with E-state index in [2.05, 4.69) is 25.7 Å². The van der Waals surface area contributed by atoms with E-state index in [0.29, 0.717) is 12.6 Å². The van der Waals surface area contributed by atoms with E-state index in [4.69, 9.17) is 5.11 Å². The van der Waals surface area contributed by atoms with Crippen LogP contribution in [-0.4, -0.2) is 35.1 Å². The Labute approximate surface area is 87.1 Å². The summed E-state index contributed by atoms with van der Waals surface area (Å²) in [7, 11) is 0. The molecular formula is C11H23NO2. The first kappa shape index (κ1) is 13.4. The van der Waals surface area contributed by atoms with Gasteiger partial charge in [0.15, 0.2) is 0 Å². The van der Waals surface area contributed by atoms with Crippen molar-refractivity contribution in [2.45, 2.75) is 46.6 Å². The molecule has 0 aliphatic carbocycles. The molecule has 0 aliphatic heterocycles. The summed E-state index contributed by atoms with van der Waals surface area (Å²) in [5.74, 6) is -0.971. The Hall–Kier alpha value is -0.570. The number of hydrogen-bond donors (Lipinski definition) is 1. The normalized spacial score (nSPS) is 13.6. The third-order valence-electron chi connectivity index (χ3n) is 2.46. The van der Waals surface area contributed by atoms with Crippen LogP contribution < -0.4 is 0 Å². The first-order valence-corrected chi connectivity index (χ1v) is 5.45. The van der Waals surface area contributed by atoms with E-state index in [-0.39, 0.29) is 5.92 Å². The molecule has 0 bridgehead atoms. The topological polar surface area (TPSA) is 40.5 Å². The van der Waals surface area contributed by atoms with Crippen molar-refractivity contribution in [1.29, 1.82) is 0 Å². The predicted octanol–water partition coefficient (Wildman–Crippen LogP) is 2.22. The highest BCUT2D eigenvalue weighted by Crippen LogP contribution is 2.06. The molecule has 0 radical (unpaired) electrons. The quantitative estimate of drug-likeness (QED) is 0.686. The summed E-state index contributed by atoms with van der Waals surface area (Å²) < 4.78 is 0. The summed E-state index contributed by atoms with van der Waals surface area (Å²) in [5.41, 5.74) is 0. The van der Waals surface area contributed by atoms with Gasteiger partial charge in [-0.3, -0.25) is 4.79 Å². The van der Waals surface area contributed by atoms with Gasteiger partial charge in [-0.05, 0) is 26.8 Å². The lowest BCUT2D eigenvalue weighted by atomic mass is 10.1. The molecule has 0 saturated carbocycles. The lowest BCUT2D eigenvalue weighted by Gasteiger charge is -2.27. The van der Waals surface area contributed by atoms with Gasteiger partial charge < -0.3 is 10.0 Å². The van der Waals surface area contributed by atoms with Crippen molar-refractivity contribution in [3.63, 3.8) is 0 Å². The lowest BCUT2D eigenvalue weighted by molar-refractivity contribution is -0.141. The van der Waals surface area contributed by atoms with Crippen molar-refractivity contribution in [2.24, 2.45) is 5.92 Å². The molecule has 3 nitrogen and oxygen atoms in total. The first-order valence-electron chi connectivity index (χ1n) is 5.45. The second-order valence-corrected chi connectivity index (χ2v) is 4.18. The van der Waals surface area contributed by atoms with Crippen LogP contribution in [0.25, 0.3) is 0 Å². The van der Waals surface area contributed by atoms with Gasteiger partial charge in [-0.2, -0.15) is 0 Å². The molecule has 0 rings (SSSR count). The van der Waals surface area contributed by atoms with E-state index in [1.807, 2.05) is 0 Å². The monoisotopic (exact) mass is 201 g/mol. The Bertz CT molecular complexity index is 169. The zero-order valence-corrected chi connectivity index (χ0v) is 9.79. The van der Waals surface area contributed by atoms with Gasteiger partial charge in [0.25, 0.3) is 0 Å². The van der Waals surface area contributed by atoms with E-state index in [9.17, 15) is 4.79 Å². The number of carboxylic acid groups (broad SMARTS) is 1. The van der Waals surface area contributed by atoms with Crippen LogP contribution in [0.5, 0.6) is 0 Å². The minimum absolute atomic E-state index is 0.269. The fraction of sp³-hybridized carbons (Fsp3) is 0.909. The van der Waals surface area contributed by atoms with Gasteiger partial charge in [-0.1, -0.05) is 20.3 Å². The van der Waals surface area contributed by atoms with E-state index < -0.39 is 5.97 Å². The van der Waals surface area contributed by atoms with Gasteiger partial charge >= 0.3 is 5.97 Å². The van der Waals surface area contributed by atoms with Crippen LogP contribution in [0.15, 0.2) is 0 Å². The molecule has 0 aliphatic rings. The van der Waals surface area contributed by atoms with Crippen molar-refractivity contribution in [3.8, 4) is 0 Å². The largest absolute Gasteiger partial charge is 0.481 e. The third-order valence-corrected chi connectivity index (χ3v) is 2.46. The summed E-state index contributed by atoms with van der Waals surface area (Å²) in [4.78, 5) is 12.9. The Morgan fingerprint density at radius 3 is 2.29 bits per heavy atom. The molecule has 0 amide bonds. The smallest absolute Gasteiger partial charge is 0.307 e. The molecule has 0 aromatic heterocycles. The van der Waals surface area contributed by atoms with Crippen LogP contribution in [0.4, 0.5) is 0 Å². The van der Waals surface area contributed by atoms with Gasteiger partial charge in [-0.25, -0.2) is 0 Å². The summed E-state index contributed by atoms with van der Waals surface area (Å²) in [5, 5.41) is 8.81. The fourth-order valence-electron chi connectivity index (χ4n) is 1.35. The van der Waals surface area contributed by atoms with E-state index in [1.165, 1.54) is 0 Å². The average Bonchev–Trinajstić information content (AvgIpc) is 2.10. The van der Waals surface area contributed by atoms with E-state index in [0.717, 1.165) is 19.4 Å². The van der Waals surface area contributed by atoms with Gasteiger partial charge in [0, 0.05) is 12.6 Å². The molecule has 3 heteroatoms. The molecule has 0 aromatic carbocycles. The average molecular weight is 201 g/mol. The molecule has 0 fully saturated rings. The van der Waals surface area contributed by atoms with Gasteiger partial charge in [0.05, 0.1) is 5.92 Å². The standard InChI is InChI=1S/C11H23NO2/c1-5-6-7-12(9(2)3)8-10(4)11(13)14/h9-10H,5-8H2,1-4H3,(H,13,14). The Balaban J connectivity index is 4.02. The number of hydrogen-bond acceptors (Lipinski definition) is 2. The number of carbonyl (C=O) groups is 1. The molecule has 0 aromatic rings. The molecule has 0 saturated heterocycles. The maximum Gasteiger partial charge on any atom is 0.307 e. The molecule has 0 heterocycles. The molecule has 1 atom stereocenters. The number of nitrogens with zero attached hydrogens (tertiary/aromatic N) is 1. The van der Waals surface area contributed by atoms with Crippen LogP contribution in [0.2, 0.25) is 0 Å². The molecule has 1 N–H and O–H groups in total. The maximum absolute atomic E-state index is 10.7. The molecule has 84 valence electrons. The molecular weight excluding hydrogens is 178 g/mol. The molecule has 1 unspecified atom stereocenters. The van der Waals surface area contributed by atoms with Crippen LogP contribution in [0, 0.1) is 5.92 Å². The highest BCUT2D eigenvalue weighted by molar-refractivity contribution is 5.69. The Morgan fingerprint density at radius 1 is 1.36 bits per heavy atom. The minimum Gasteiger partial charge on any atom is -0.481 e. The first-order chi connectivity index (χ1) is 6.49. The van der Waals surface area contributed by atoms with Crippen molar-refractivity contribution >= 4 is 5.97 Å². The van der Waals surface area contributed by atoms with E-state index >= 15 is 0 Å². The highest BCUT2D eigenvalue weighted by Gasteiger charge is 2.17. The highest BCUT2D eigenvalue weighted by atomic mass is 16.4. The maximum atomic E-state index is 10.7. The number of rotatable bonds is 7. The Kier molecular flexibility index (Phi) is 6.54. The predicted molar refractivity (Wildman–Crippen MR) is 58.4 cm³/mol. The van der Waals surface area contributed by atoms with Crippen molar-refractivity contribution in [3.05, 3.63) is 0 Å². The van der Waals surface area contributed by atoms with Crippen molar-refractivity contribution < 1.29 is 9.90 Å². The third kappa shape index (κ3) is 5.22. The van der Waals surface area contributed by atoms with E-state index in [1.54, 1.807) is 6.92 Å². The zero-order chi connectivity index (χ0) is 11.1.